The summed E-state index contributed by atoms with van der Waals surface area (Å²) >= 11 is 0. The first-order valence-electron chi connectivity index (χ1n) is 4.89. The first-order chi connectivity index (χ1) is 6.27. The highest BCUT2D eigenvalue weighted by Gasteiger charge is 2.26. The van der Waals surface area contributed by atoms with Crippen molar-refractivity contribution in [1.29, 1.82) is 0 Å². The highest BCUT2D eigenvalue weighted by Crippen LogP contribution is 2.19. The molecule has 1 aliphatic heterocycles. The predicted octanol–water partition coefficient (Wildman–Crippen LogP) is 0.814. The maximum atomic E-state index is 11.3. The average Bonchev–Trinajstić information content (AvgIpc) is 2.54. The molecule has 0 bridgehead atoms. The van der Waals surface area contributed by atoms with Crippen LogP contribution >= 0.6 is 0 Å². The van der Waals surface area contributed by atoms with Gasteiger partial charge in [0.2, 0.25) is 0 Å². The first kappa shape index (κ1) is 10.3. The van der Waals surface area contributed by atoms with Gasteiger partial charge in [0, 0.05) is 13.1 Å². The Morgan fingerprint density at radius 2 is 2.46 bits per heavy atom. The number of rotatable bonds is 3. The molecular formula is C9H18N2O2. The summed E-state index contributed by atoms with van der Waals surface area (Å²) in [6.07, 6.45) is 1.90. The Kier molecular flexibility index (Phi) is 4.02. The molecule has 2 N–H and O–H groups in total. The lowest BCUT2D eigenvalue weighted by molar-refractivity contribution is 0.114. The minimum atomic E-state index is -0.179. The molecule has 1 rings (SSSR count). The molecular weight excluding hydrogens is 168 g/mol. The second-order valence-corrected chi connectivity index (χ2v) is 3.38. The summed E-state index contributed by atoms with van der Waals surface area (Å²) in [6, 6.07) is 0. The van der Waals surface area contributed by atoms with Gasteiger partial charge < -0.3 is 15.4 Å². The molecule has 0 aliphatic carbocycles. The minimum Gasteiger partial charge on any atom is -0.450 e. The molecule has 0 aromatic carbocycles. The second kappa shape index (κ2) is 5.07. The molecule has 1 saturated heterocycles. The third-order valence-electron chi connectivity index (χ3n) is 2.39. The van der Waals surface area contributed by atoms with Crippen molar-refractivity contribution in [1.82, 2.24) is 4.90 Å². The fourth-order valence-electron chi connectivity index (χ4n) is 1.68. The Morgan fingerprint density at radius 3 is 3.08 bits per heavy atom. The van der Waals surface area contributed by atoms with Gasteiger partial charge in [0.15, 0.2) is 0 Å². The predicted molar refractivity (Wildman–Crippen MR) is 50.4 cm³/mol. The summed E-state index contributed by atoms with van der Waals surface area (Å²) in [5.41, 5.74) is 5.45. The molecule has 0 spiro atoms. The number of ether oxygens (including phenoxy) is 1. The van der Waals surface area contributed by atoms with E-state index in [0.717, 1.165) is 25.9 Å². The molecule has 0 aromatic rings. The van der Waals surface area contributed by atoms with Crippen molar-refractivity contribution in [3.63, 3.8) is 0 Å². The topological polar surface area (TPSA) is 55.6 Å². The largest absolute Gasteiger partial charge is 0.450 e. The van der Waals surface area contributed by atoms with Gasteiger partial charge in [-0.3, -0.25) is 0 Å². The molecule has 0 radical (unpaired) electrons. The van der Waals surface area contributed by atoms with Crippen LogP contribution in [-0.2, 0) is 4.74 Å². The fourth-order valence-corrected chi connectivity index (χ4v) is 1.68. The number of nitrogens with two attached hydrogens (primary N) is 1. The lowest BCUT2D eigenvalue weighted by Gasteiger charge is -2.15. The third kappa shape index (κ3) is 2.88. The van der Waals surface area contributed by atoms with Crippen molar-refractivity contribution in [2.45, 2.75) is 19.8 Å². The Hall–Kier alpha value is -0.770. The number of carbonyl (C=O) groups excluding carboxylic acids is 1. The van der Waals surface area contributed by atoms with Crippen LogP contribution in [0, 0.1) is 5.92 Å². The zero-order chi connectivity index (χ0) is 9.68. The van der Waals surface area contributed by atoms with E-state index in [1.54, 1.807) is 4.90 Å². The van der Waals surface area contributed by atoms with E-state index in [-0.39, 0.29) is 6.09 Å². The smallest absolute Gasteiger partial charge is 0.409 e. The van der Waals surface area contributed by atoms with E-state index < -0.39 is 0 Å². The van der Waals surface area contributed by atoms with Crippen LogP contribution in [0.5, 0.6) is 0 Å². The normalized spacial score (nSPS) is 22.0. The van der Waals surface area contributed by atoms with Crippen LogP contribution < -0.4 is 5.73 Å². The number of likely N-dealkylation sites (tertiary alicyclic amines) is 1. The molecule has 1 aliphatic rings. The van der Waals surface area contributed by atoms with Crippen molar-refractivity contribution in [3.05, 3.63) is 0 Å². The molecule has 13 heavy (non-hydrogen) atoms. The second-order valence-electron chi connectivity index (χ2n) is 3.38. The van der Waals surface area contributed by atoms with Gasteiger partial charge in [-0.25, -0.2) is 4.79 Å². The van der Waals surface area contributed by atoms with Gasteiger partial charge in [-0.05, 0) is 32.2 Å². The summed E-state index contributed by atoms with van der Waals surface area (Å²) in [7, 11) is 0. The molecule has 0 saturated carbocycles. The average molecular weight is 186 g/mol. The van der Waals surface area contributed by atoms with Gasteiger partial charge in [-0.2, -0.15) is 0 Å². The molecule has 1 atom stereocenters. The van der Waals surface area contributed by atoms with Crippen LogP contribution in [0.2, 0.25) is 0 Å². The third-order valence-corrected chi connectivity index (χ3v) is 2.39. The zero-order valence-corrected chi connectivity index (χ0v) is 8.16. The lowest BCUT2D eigenvalue weighted by atomic mass is 10.1. The van der Waals surface area contributed by atoms with E-state index in [0.29, 0.717) is 19.1 Å². The summed E-state index contributed by atoms with van der Waals surface area (Å²) in [4.78, 5) is 13.0. The summed E-state index contributed by atoms with van der Waals surface area (Å²) in [5, 5.41) is 0. The van der Waals surface area contributed by atoms with E-state index in [9.17, 15) is 4.79 Å². The van der Waals surface area contributed by atoms with Gasteiger partial charge in [0.25, 0.3) is 0 Å². The summed E-state index contributed by atoms with van der Waals surface area (Å²) in [5.74, 6) is 0.578. The SMILES string of the molecule is CCOC(=O)N1CCC(CCN)C1. The Bertz CT molecular complexity index is 173. The molecule has 0 aromatic heterocycles. The first-order valence-corrected chi connectivity index (χ1v) is 4.89. The number of hydrogen-bond acceptors (Lipinski definition) is 3. The summed E-state index contributed by atoms with van der Waals surface area (Å²) < 4.78 is 4.91. The van der Waals surface area contributed by atoms with E-state index in [2.05, 4.69) is 0 Å². The van der Waals surface area contributed by atoms with Gasteiger partial charge >= 0.3 is 6.09 Å². The number of hydrogen-bond donors (Lipinski definition) is 1. The minimum absolute atomic E-state index is 0.179. The Morgan fingerprint density at radius 1 is 1.69 bits per heavy atom. The number of nitrogens with zero attached hydrogens (tertiary/aromatic N) is 1. The maximum Gasteiger partial charge on any atom is 0.409 e. The molecule has 4 heteroatoms. The van der Waals surface area contributed by atoms with E-state index >= 15 is 0 Å². The number of carbonyl (C=O) groups is 1. The molecule has 1 amide bonds. The summed E-state index contributed by atoms with van der Waals surface area (Å²) in [6.45, 7) is 4.63. The van der Waals surface area contributed by atoms with Crippen molar-refractivity contribution in [3.8, 4) is 0 Å². The van der Waals surface area contributed by atoms with Crippen LogP contribution in [-0.4, -0.2) is 37.2 Å². The van der Waals surface area contributed by atoms with Crippen molar-refractivity contribution in [2.24, 2.45) is 11.7 Å². The maximum absolute atomic E-state index is 11.3. The Balaban J connectivity index is 2.27. The van der Waals surface area contributed by atoms with Crippen molar-refractivity contribution < 1.29 is 9.53 Å². The highest BCUT2D eigenvalue weighted by molar-refractivity contribution is 5.67. The van der Waals surface area contributed by atoms with E-state index in [1.165, 1.54) is 0 Å². The van der Waals surface area contributed by atoms with Gasteiger partial charge in [0.05, 0.1) is 6.61 Å². The van der Waals surface area contributed by atoms with Crippen LogP contribution in [0.15, 0.2) is 0 Å². The van der Waals surface area contributed by atoms with Gasteiger partial charge in [0.1, 0.15) is 0 Å². The fraction of sp³-hybridized carbons (Fsp3) is 0.889. The standard InChI is InChI=1S/C9H18N2O2/c1-2-13-9(12)11-6-4-8(7-11)3-5-10/h8H,2-7,10H2,1H3. The van der Waals surface area contributed by atoms with Crippen molar-refractivity contribution >= 4 is 6.09 Å². The monoisotopic (exact) mass is 186 g/mol. The molecule has 1 fully saturated rings. The lowest BCUT2D eigenvalue weighted by Crippen LogP contribution is -2.29. The van der Waals surface area contributed by atoms with E-state index in [1.807, 2.05) is 6.92 Å². The van der Waals surface area contributed by atoms with Gasteiger partial charge in [-0.1, -0.05) is 0 Å². The van der Waals surface area contributed by atoms with Crippen molar-refractivity contribution in [2.75, 3.05) is 26.2 Å². The quantitative estimate of drug-likeness (QED) is 0.709. The van der Waals surface area contributed by atoms with E-state index in [4.69, 9.17) is 10.5 Å². The number of amides is 1. The van der Waals surface area contributed by atoms with Gasteiger partial charge in [-0.15, -0.1) is 0 Å². The Labute approximate surface area is 79.0 Å². The van der Waals surface area contributed by atoms with Crippen LogP contribution in [0.4, 0.5) is 4.79 Å². The zero-order valence-electron chi connectivity index (χ0n) is 8.16. The highest BCUT2D eigenvalue weighted by atomic mass is 16.6. The molecule has 1 unspecified atom stereocenters. The van der Waals surface area contributed by atoms with Crippen LogP contribution in [0.1, 0.15) is 19.8 Å². The molecule has 4 nitrogen and oxygen atoms in total. The molecule has 1 heterocycles. The van der Waals surface area contributed by atoms with Crippen LogP contribution in [0.3, 0.4) is 0 Å². The van der Waals surface area contributed by atoms with Crippen LogP contribution in [0.25, 0.3) is 0 Å². The molecule has 76 valence electrons.